The van der Waals surface area contributed by atoms with E-state index in [0.29, 0.717) is 5.69 Å². The van der Waals surface area contributed by atoms with Crippen LogP contribution in [0.4, 0.5) is 0 Å². The molecule has 84 valence electrons. The largest absolute Gasteiger partial charge is 0.387 e. The number of aliphatic hydroxyl groups is 1. The average molecular weight is 217 g/mol. The van der Waals surface area contributed by atoms with Crippen LogP contribution < -0.4 is 0 Å². The average Bonchev–Trinajstić information content (AvgIpc) is 2.77. The van der Waals surface area contributed by atoms with E-state index in [4.69, 9.17) is 0 Å². The second kappa shape index (κ2) is 4.45. The standard InChI is InChI=1S/C12H15N3O/c1-3-12-13-6-7-15(12)10-4-5-11(9(2)16)14-8-10/h4-9,16H,3H2,1-2H3/t9-/m0/s1. The van der Waals surface area contributed by atoms with Crippen LogP contribution >= 0.6 is 0 Å². The Labute approximate surface area is 94.6 Å². The van der Waals surface area contributed by atoms with Crippen LogP contribution in [0.25, 0.3) is 5.69 Å². The minimum Gasteiger partial charge on any atom is -0.387 e. The minimum absolute atomic E-state index is 0.525. The summed E-state index contributed by atoms with van der Waals surface area (Å²) in [4.78, 5) is 8.47. The molecule has 2 aromatic heterocycles. The zero-order valence-corrected chi connectivity index (χ0v) is 9.46. The van der Waals surface area contributed by atoms with Crippen LogP contribution in [0.3, 0.4) is 0 Å². The van der Waals surface area contributed by atoms with E-state index in [1.54, 1.807) is 19.3 Å². The molecule has 0 spiro atoms. The summed E-state index contributed by atoms with van der Waals surface area (Å²) in [5.41, 5.74) is 1.65. The van der Waals surface area contributed by atoms with Crippen LogP contribution in [0.2, 0.25) is 0 Å². The monoisotopic (exact) mass is 217 g/mol. The molecular weight excluding hydrogens is 202 g/mol. The third-order valence-corrected chi connectivity index (χ3v) is 2.51. The number of rotatable bonds is 3. The molecule has 4 heteroatoms. The van der Waals surface area contributed by atoms with Gasteiger partial charge >= 0.3 is 0 Å². The van der Waals surface area contributed by atoms with Crippen molar-refractivity contribution in [2.45, 2.75) is 26.4 Å². The van der Waals surface area contributed by atoms with Gasteiger partial charge in [0.1, 0.15) is 5.82 Å². The Bertz CT molecular complexity index is 459. The Morgan fingerprint density at radius 3 is 2.75 bits per heavy atom. The Balaban J connectivity index is 2.35. The highest BCUT2D eigenvalue weighted by Gasteiger charge is 2.05. The van der Waals surface area contributed by atoms with Crippen molar-refractivity contribution in [2.24, 2.45) is 0 Å². The van der Waals surface area contributed by atoms with E-state index in [0.717, 1.165) is 17.9 Å². The predicted molar refractivity (Wildman–Crippen MR) is 61.4 cm³/mol. The Hall–Kier alpha value is -1.68. The minimum atomic E-state index is -0.525. The number of aliphatic hydroxyl groups excluding tert-OH is 1. The lowest BCUT2D eigenvalue weighted by Crippen LogP contribution is -2.01. The molecule has 2 aromatic rings. The zero-order valence-electron chi connectivity index (χ0n) is 9.46. The summed E-state index contributed by atoms with van der Waals surface area (Å²) >= 11 is 0. The molecule has 1 atom stereocenters. The van der Waals surface area contributed by atoms with E-state index in [1.807, 2.05) is 22.9 Å². The molecule has 16 heavy (non-hydrogen) atoms. The molecule has 0 saturated carbocycles. The van der Waals surface area contributed by atoms with Gasteiger partial charge in [0.15, 0.2) is 0 Å². The van der Waals surface area contributed by atoms with Crippen molar-refractivity contribution in [1.82, 2.24) is 14.5 Å². The van der Waals surface area contributed by atoms with E-state index in [1.165, 1.54) is 0 Å². The topological polar surface area (TPSA) is 50.9 Å². The fourth-order valence-electron chi connectivity index (χ4n) is 1.62. The maximum Gasteiger partial charge on any atom is 0.112 e. The van der Waals surface area contributed by atoms with Crippen molar-refractivity contribution in [3.63, 3.8) is 0 Å². The van der Waals surface area contributed by atoms with Crippen molar-refractivity contribution in [1.29, 1.82) is 0 Å². The maximum atomic E-state index is 9.36. The number of hydrogen-bond donors (Lipinski definition) is 1. The molecule has 0 aliphatic heterocycles. The van der Waals surface area contributed by atoms with Crippen LogP contribution in [0, 0.1) is 0 Å². The highest BCUT2D eigenvalue weighted by atomic mass is 16.3. The van der Waals surface area contributed by atoms with E-state index < -0.39 is 6.10 Å². The SMILES string of the molecule is CCc1nccn1-c1ccc([C@H](C)O)nc1. The first-order valence-corrected chi connectivity index (χ1v) is 5.39. The molecule has 0 radical (unpaired) electrons. The van der Waals surface area contributed by atoms with E-state index >= 15 is 0 Å². The summed E-state index contributed by atoms with van der Waals surface area (Å²) in [7, 11) is 0. The van der Waals surface area contributed by atoms with Crippen LogP contribution in [0.5, 0.6) is 0 Å². The number of aryl methyl sites for hydroxylation is 1. The third-order valence-electron chi connectivity index (χ3n) is 2.51. The first-order chi connectivity index (χ1) is 7.72. The second-order valence-corrected chi connectivity index (χ2v) is 3.68. The maximum absolute atomic E-state index is 9.36. The van der Waals surface area contributed by atoms with Gasteiger partial charge in [-0.1, -0.05) is 6.92 Å². The van der Waals surface area contributed by atoms with Crippen LogP contribution in [0.1, 0.15) is 31.5 Å². The van der Waals surface area contributed by atoms with Gasteiger partial charge in [0.05, 0.1) is 23.7 Å². The van der Waals surface area contributed by atoms with Crippen molar-refractivity contribution in [3.8, 4) is 5.69 Å². The molecule has 0 amide bonds. The Morgan fingerprint density at radius 1 is 1.38 bits per heavy atom. The normalized spacial score (nSPS) is 12.7. The lowest BCUT2D eigenvalue weighted by atomic mass is 10.2. The van der Waals surface area contributed by atoms with Gasteiger partial charge in [-0.3, -0.25) is 4.98 Å². The Morgan fingerprint density at radius 2 is 2.19 bits per heavy atom. The van der Waals surface area contributed by atoms with Gasteiger partial charge in [-0.05, 0) is 19.1 Å². The molecule has 0 unspecified atom stereocenters. The predicted octanol–water partition coefficient (Wildman–Crippen LogP) is 1.88. The molecule has 1 N–H and O–H groups in total. The molecule has 2 rings (SSSR count). The van der Waals surface area contributed by atoms with Gasteiger partial charge < -0.3 is 9.67 Å². The third kappa shape index (κ3) is 1.97. The summed E-state index contributed by atoms with van der Waals surface area (Å²) in [6, 6.07) is 3.77. The zero-order chi connectivity index (χ0) is 11.5. The summed E-state index contributed by atoms with van der Waals surface area (Å²) in [6.07, 6.45) is 5.80. The van der Waals surface area contributed by atoms with Crippen LogP contribution in [-0.2, 0) is 6.42 Å². The van der Waals surface area contributed by atoms with Gasteiger partial charge in [-0.15, -0.1) is 0 Å². The summed E-state index contributed by atoms with van der Waals surface area (Å²) in [6.45, 7) is 3.77. The van der Waals surface area contributed by atoms with Crippen molar-refractivity contribution in [2.75, 3.05) is 0 Å². The molecule has 0 aromatic carbocycles. The quantitative estimate of drug-likeness (QED) is 0.854. The smallest absolute Gasteiger partial charge is 0.112 e. The summed E-state index contributed by atoms with van der Waals surface area (Å²) in [5, 5.41) is 9.36. The molecule has 0 aliphatic rings. The highest BCUT2D eigenvalue weighted by Crippen LogP contribution is 2.13. The van der Waals surface area contributed by atoms with E-state index in [9.17, 15) is 5.11 Å². The number of nitrogens with zero attached hydrogens (tertiary/aromatic N) is 3. The first kappa shape index (κ1) is 10.8. The van der Waals surface area contributed by atoms with E-state index in [2.05, 4.69) is 16.9 Å². The number of aromatic nitrogens is 3. The highest BCUT2D eigenvalue weighted by molar-refractivity contribution is 5.31. The molecule has 2 heterocycles. The molecule has 0 saturated heterocycles. The fourth-order valence-corrected chi connectivity index (χ4v) is 1.62. The number of pyridine rings is 1. The lowest BCUT2D eigenvalue weighted by molar-refractivity contribution is 0.194. The van der Waals surface area contributed by atoms with Gasteiger partial charge in [-0.2, -0.15) is 0 Å². The molecule has 4 nitrogen and oxygen atoms in total. The van der Waals surface area contributed by atoms with Gasteiger partial charge in [0, 0.05) is 18.8 Å². The molecule has 0 aliphatic carbocycles. The molecule has 0 fully saturated rings. The second-order valence-electron chi connectivity index (χ2n) is 3.68. The molecule has 0 bridgehead atoms. The van der Waals surface area contributed by atoms with Crippen molar-refractivity contribution in [3.05, 3.63) is 42.2 Å². The van der Waals surface area contributed by atoms with Crippen LogP contribution in [-0.4, -0.2) is 19.6 Å². The number of hydrogen-bond acceptors (Lipinski definition) is 3. The van der Waals surface area contributed by atoms with E-state index in [-0.39, 0.29) is 0 Å². The summed E-state index contributed by atoms with van der Waals surface area (Å²) < 4.78 is 2.00. The first-order valence-electron chi connectivity index (χ1n) is 5.39. The summed E-state index contributed by atoms with van der Waals surface area (Å²) in [5.74, 6) is 1.01. The lowest BCUT2D eigenvalue weighted by Gasteiger charge is -2.08. The molecular formula is C12H15N3O. The number of imidazole rings is 1. The van der Waals surface area contributed by atoms with Crippen LogP contribution in [0.15, 0.2) is 30.7 Å². The van der Waals surface area contributed by atoms with Gasteiger partial charge in [0.25, 0.3) is 0 Å². The van der Waals surface area contributed by atoms with Gasteiger partial charge in [0.2, 0.25) is 0 Å². The Kier molecular flexibility index (Phi) is 3.01. The van der Waals surface area contributed by atoms with Crippen molar-refractivity contribution >= 4 is 0 Å². The van der Waals surface area contributed by atoms with Gasteiger partial charge in [-0.25, -0.2) is 4.98 Å². The van der Waals surface area contributed by atoms with Crippen molar-refractivity contribution < 1.29 is 5.11 Å². The fraction of sp³-hybridized carbons (Fsp3) is 0.333.